The van der Waals surface area contributed by atoms with Crippen LogP contribution in [0.1, 0.15) is 10.4 Å². The minimum absolute atomic E-state index is 0.447. The fourth-order valence-corrected chi connectivity index (χ4v) is 1.47. The standard InChI is InChI=1S/C10H11N5O2/c1-11-10-12-13-14-15(10)8-3-4-9(17-2)7(5-8)6-16/h3-6H,1-2H3,(H,11,12,14). The van der Waals surface area contributed by atoms with Crippen LogP contribution in [0.3, 0.4) is 0 Å². The van der Waals surface area contributed by atoms with E-state index in [0.29, 0.717) is 22.6 Å². The van der Waals surface area contributed by atoms with Crippen molar-refractivity contribution in [3.8, 4) is 11.4 Å². The Morgan fingerprint density at radius 1 is 1.53 bits per heavy atom. The summed E-state index contributed by atoms with van der Waals surface area (Å²) in [4.78, 5) is 14.9. The van der Waals surface area contributed by atoms with Crippen molar-refractivity contribution in [2.45, 2.75) is 0 Å². The quantitative estimate of drug-likeness (QED) is 0.753. The smallest absolute Gasteiger partial charge is 0.243 e. The number of aromatic amines is 1. The Balaban J connectivity index is 2.58. The van der Waals surface area contributed by atoms with Crippen LogP contribution in [0.15, 0.2) is 23.2 Å². The predicted octanol–water partition coefficient (Wildman–Crippen LogP) is -0.0530. The van der Waals surface area contributed by atoms with Crippen LogP contribution in [0.25, 0.3) is 5.69 Å². The van der Waals surface area contributed by atoms with Crippen molar-refractivity contribution in [1.82, 2.24) is 20.2 Å². The Bertz CT molecular complexity index is 599. The molecule has 1 aromatic carbocycles. The number of methoxy groups -OCH3 is 1. The summed E-state index contributed by atoms with van der Waals surface area (Å²) in [7, 11) is 3.13. The van der Waals surface area contributed by atoms with E-state index in [2.05, 4.69) is 20.5 Å². The maximum absolute atomic E-state index is 10.9. The van der Waals surface area contributed by atoms with Gasteiger partial charge < -0.3 is 4.74 Å². The van der Waals surface area contributed by atoms with E-state index < -0.39 is 0 Å². The Kier molecular flexibility index (Phi) is 2.99. The Hall–Kier alpha value is -2.44. The molecule has 0 spiro atoms. The fourth-order valence-electron chi connectivity index (χ4n) is 1.47. The number of hydrogen-bond acceptors (Lipinski definition) is 5. The Labute approximate surface area is 96.7 Å². The van der Waals surface area contributed by atoms with Gasteiger partial charge in [-0.1, -0.05) is 0 Å². The molecule has 88 valence electrons. The molecule has 7 nitrogen and oxygen atoms in total. The molecule has 1 aromatic heterocycles. The first-order valence-electron chi connectivity index (χ1n) is 4.87. The number of nitrogens with one attached hydrogen (secondary N) is 1. The molecule has 2 rings (SSSR count). The highest BCUT2D eigenvalue weighted by molar-refractivity contribution is 5.80. The molecule has 0 fully saturated rings. The van der Waals surface area contributed by atoms with E-state index in [1.165, 1.54) is 11.8 Å². The molecular weight excluding hydrogens is 222 g/mol. The van der Waals surface area contributed by atoms with Gasteiger partial charge in [0.05, 0.1) is 18.4 Å². The maximum atomic E-state index is 10.9. The maximum Gasteiger partial charge on any atom is 0.243 e. The summed E-state index contributed by atoms with van der Waals surface area (Å²) >= 11 is 0. The number of tetrazole rings is 1. The summed E-state index contributed by atoms with van der Waals surface area (Å²) in [6.07, 6.45) is 0.728. The normalized spacial score (nSPS) is 11.5. The van der Waals surface area contributed by atoms with E-state index in [1.807, 2.05) is 0 Å². The molecule has 1 N–H and O–H groups in total. The number of ether oxygens (including phenoxy) is 1. The molecule has 0 saturated heterocycles. The first kappa shape index (κ1) is 11.1. The van der Waals surface area contributed by atoms with Gasteiger partial charge in [-0.25, -0.2) is 5.10 Å². The van der Waals surface area contributed by atoms with E-state index in [9.17, 15) is 4.79 Å². The molecule has 1 heterocycles. The van der Waals surface area contributed by atoms with Crippen molar-refractivity contribution in [3.05, 3.63) is 29.4 Å². The molecule has 0 radical (unpaired) electrons. The summed E-state index contributed by atoms with van der Waals surface area (Å²) in [6.45, 7) is 0. The highest BCUT2D eigenvalue weighted by atomic mass is 16.5. The van der Waals surface area contributed by atoms with Gasteiger partial charge in [-0.2, -0.15) is 4.68 Å². The number of rotatable bonds is 3. The SMILES string of the molecule is C/N=c1\[nH]nnn1-c1ccc(OC)c(C=O)c1. The number of benzene rings is 1. The third-order valence-corrected chi connectivity index (χ3v) is 2.28. The van der Waals surface area contributed by atoms with Gasteiger partial charge in [0.2, 0.25) is 5.62 Å². The predicted molar refractivity (Wildman–Crippen MR) is 59.1 cm³/mol. The Morgan fingerprint density at radius 2 is 2.35 bits per heavy atom. The van der Waals surface area contributed by atoms with Crippen molar-refractivity contribution in [2.75, 3.05) is 14.2 Å². The third kappa shape index (κ3) is 1.94. The van der Waals surface area contributed by atoms with Gasteiger partial charge in [-0.15, -0.1) is 0 Å². The summed E-state index contributed by atoms with van der Waals surface area (Å²) in [5.41, 5.74) is 1.62. The van der Waals surface area contributed by atoms with Crippen molar-refractivity contribution in [3.63, 3.8) is 0 Å². The van der Waals surface area contributed by atoms with Crippen molar-refractivity contribution in [2.24, 2.45) is 4.99 Å². The van der Waals surface area contributed by atoms with Gasteiger partial charge in [-0.05, 0) is 28.6 Å². The monoisotopic (exact) mass is 233 g/mol. The van der Waals surface area contributed by atoms with Crippen LogP contribution in [0.4, 0.5) is 0 Å². The number of aldehydes is 1. The average molecular weight is 233 g/mol. The first-order valence-corrected chi connectivity index (χ1v) is 4.87. The second kappa shape index (κ2) is 4.60. The molecule has 0 saturated carbocycles. The zero-order valence-electron chi connectivity index (χ0n) is 9.41. The second-order valence-corrected chi connectivity index (χ2v) is 3.20. The highest BCUT2D eigenvalue weighted by Gasteiger charge is 2.06. The molecular formula is C10H11N5O2. The molecule has 2 aromatic rings. The Morgan fingerprint density at radius 3 is 3.00 bits per heavy atom. The third-order valence-electron chi connectivity index (χ3n) is 2.28. The van der Waals surface area contributed by atoms with Crippen LogP contribution < -0.4 is 10.4 Å². The molecule has 0 aliphatic rings. The summed E-state index contributed by atoms with van der Waals surface area (Å²) in [5.74, 6) is 0.517. The number of aromatic nitrogens is 4. The first-order chi connectivity index (χ1) is 8.30. The van der Waals surface area contributed by atoms with Crippen LogP contribution in [0.5, 0.6) is 5.75 Å². The lowest BCUT2D eigenvalue weighted by molar-refractivity contribution is 0.112. The van der Waals surface area contributed by atoms with Crippen LogP contribution >= 0.6 is 0 Å². The van der Waals surface area contributed by atoms with Crippen molar-refractivity contribution >= 4 is 6.29 Å². The lowest BCUT2D eigenvalue weighted by atomic mass is 10.2. The zero-order chi connectivity index (χ0) is 12.3. The molecule has 17 heavy (non-hydrogen) atoms. The summed E-state index contributed by atoms with van der Waals surface area (Å²) in [5, 5.41) is 10.1. The van der Waals surface area contributed by atoms with Gasteiger partial charge in [0, 0.05) is 7.05 Å². The van der Waals surface area contributed by atoms with Crippen LogP contribution in [-0.4, -0.2) is 40.7 Å². The molecule has 0 aliphatic heterocycles. The fraction of sp³-hybridized carbons (Fsp3) is 0.200. The number of hydrogen-bond donors (Lipinski definition) is 1. The topological polar surface area (TPSA) is 85.2 Å². The molecule has 0 bridgehead atoms. The summed E-state index contributed by atoms with van der Waals surface area (Å²) in [6, 6.07) is 5.12. The van der Waals surface area contributed by atoms with Gasteiger partial charge in [0.15, 0.2) is 6.29 Å². The van der Waals surface area contributed by atoms with Crippen molar-refractivity contribution in [1.29, 1.82) is 0 Å². The van der Waals surface area contributed by atoms with E-state index in [4.69, 9.17) is 4.74 Å². The van der Waals surface area contributed by atoms with Gasteiger partial charge in [-0.3, -0.25) is 9.79 Å². The molecule has 0 aliphatic carbocycles. The molecule has 0 unspecified atom stereocenters. The number of H-pyrrole nitrogens is 1. The molecule has 7 heteroatoms. The lowest BCUT2D eigenvalue weighted by Crippen LogP contribution is -2.18. The lowest BCUT2D eigenvalue weighted by Gasteiger charge is -2.05. The van der Waals surface area contributed by atoms with Gasteiger partial charge >= 0.3 is 0 Å². The number of nitrogens with zero attached hydrogens (tertiary/aromatic N) is 4. The van der Waals surface area contributed by atoms with Crippen LogP contribution in [-0.2, 0) is 0 Å². The largest absolute Gasteiger partial charge is 0.496 e. The molecule has 0 atom stereocenters. The highest BCUT2D eigenvalue weighted by Crippen LogP contribution is 2.18. The van der Waals surface area contributed by atoms with Gasteiger partial charge in [0.1, 0.15) is 5.75 Å². The van der Waals surface area contributed by atoms with E-state index in [0.717, 1.165) is 6.29 Å². The van der Waals surface area contributed by atoms with Crippen LogP contribution in [0, 0.1) is 0 Å². The van der Waals surface area contributed by atoms with Gasteiger partial charge in [0.25, 0.3) is 0 Å². The minimum Gasteiger partial charge on any atom is -0.496 e. The second-order valence-electron chi connectivity index (χ2n) is 3.20. The van der Waals surface area contributed by atoms with E-state index in [-0.39, 0.29) is 0 Å². The zero-order valence-corrected chi connectivity index (χ0v) is 9.41. The average Bonchev–Trinajstić information content (AvgIpc) is 2.86. The van der Waals surface area contributed by atoms with Crippen LogP contribution in [0.2, 0.25) is 0 Å². The van der Waals surface area contributed by atoms with E-state index in [1.54, 1.807) is 25.2 Å². The minimum atomic E-state index is 0.447. The molecule has 0 amide bonds. The van der Waals surface area contributed by atoms with Crippen molar-refractivity contribution < 1.29 is 9.53 Å². The summed E-state index contributed by atoms with van der Waals surface area (Å²) < 4.78 is 6.55. The number of carbonyl (C=O) groups excluding carboxylic acids is 1. The number of carbonyl (C=O) groups is 1. The van der Waals surface area contributed by atoms with E-state index >= 15 is 0 Å².